The molecule has 1 aliphatic heterocycles. The van der Waals surface area contributed by atoms with Crippen LogP contribution < -0.4 is 4.74 Å². The molecular formula is C18H22N2O3S. The van der Waals surface area contributed by atoms with Crippen LogP contribution >= 0.6 is 0 Å². The van der Waals surface area contributed by atoms with E-state index in [1.165, 1.54) is 0 Å². The van der Waals surface area contributed by atoms with E-state index in [2.05, 4.69) is 9.88 Å². The van der Waals surface area contributed by atoms with Crippen LogP contribution in [0.2, 0.25) is 0 Å². The molecule has 1 aliphatic rings. The minimum Gasteiger partial charge on any atom is -0.489 e. The molecule has 0 saturated carbocycles. The Morgan fingerprint density at radius 3 is 2.46 bits per heavy atom. The smallest absolute Gasteiger partial charge is 0.151 e. The highest BCUT2D eigenvalue weighted by molar-refractivity contribution is 7.91. The van der Waals surface area contributed by atoms with Crippen LogP contribution in [0.3, 0.4) is 0 Å². The van der Waals surface area contributed by atoms with Crippen LogP contribution in [0.1, 0.15) is 17.5 Å². The van der Waals surface area contributed by atoms with Gasteiger partial charge in [0.15, 0.2) is 9.84 Å². The van der Waals surface area contributed by atoms with E-state index >= 15 is 0 Å². The van der Waals surface area contributed by atoms with Crippen molar-refractivity contribution >= 4 is 9.84 Å². The van der Waals surface area contributed by atoms with Gasteiger partial charge in [0.05, 0.1) is 11.5 Å². The first-order valence-corrected chi connectivity index (χ1v) is 9.85. The monoisotopic (exact) mass is 346 g/mol. The van der Waals surface area contributed by atoms with E-state index in [9.17, 15) is 8.42 Å². The van der Waals surface area contributed by atoms with Gasteiger partial charge in [-0.3, -0.25) is 9.88 Å². The van der Waals surface area contributed by atoms with Crippen LogP contribution in [0, 0.1) is 0 Å². The van der Waals surface area contributed by atoms with Gasteiger partial charge in [0, 0.05) is 25.0 Å². The summed E-state index contributed by atoms with van der Waals surface area (Å²) in [5.74, 6) is 1.40. The minimum absolute atomic E-state index is 0.123. The predicted molar refractivity (Wildman–Crippen MR) is 93.5 cm³/mol. The zero-order valence-electron chi connectivity index (χ0n) is 13.8. The van der Waals surface area contributed by atoms with E-state index in [4.69, 9.17) is 4.74 Å². The maximum atomic E-state index is 11.6. The summed E-state index contributed by atoms with van der Waals surface area (Å²) in [6.45, 7) is 1.26. The Morgan fingerprint density at radius 2 is 1.83 bits per heavy atom. The molecule has 128 valence electrons. The Balaban J connectivity index is 1.53. The predicted octanol–water partition coefficient (Wildman–Crippen LogP) is 2.28. The molecule has 2 aromatic rings. The SMILES string of the molecule is CN(Cc1ccc(OCc2ccncc2)cc1)C1CCS(=O)(=O)C1. The Kier molecular flexibility index (Phi) is 5.16. The topological polar surface area (TPSA) is 59.5 Å². The molecule has 1 saturated heterocycles. The van der Waals surface area contributed by atoms with E-state index in [-0.39, 0.29) is 11.8 Å². The molecule has 24 heavy (non-hydrogen) atoms. The molecular weight excluding hydrogens is 324 g/mol. The second-order valence-electron chi connectivity index (χ2n) is 6.26. The van der Waals surface area contributed by atoms with E-state index in [0.717, 1.165) is 29.8 Å². The third-order valence-corrected chi connectivity index (χ3v) is 6.09. The first kappa shape index (κ1) is 16.9. The van der Waals surface area contributed by atoms with Gasteiger partial charge in [-0.15, -0.1) is 0 Å². The number of sulfone groups is 1. The molecule has 0 N–H and O–H groups in total. The van der Waals surface area contributed by atoms with Gasteiger partial charge in [-0.05, 0) is 48.9 Å². The molecule has 1 aromatic heterocycles. The quantitative estimate of drug-likeness (QED) is 0.803. The van der Waals surface area contributed by atoms with Crippen LogP contribution in [0.5, 0.6) is 5.75 Å². The molecule has 5 nitrogen and oxygen atoms in total. The fraction of sp³-hybridized carbons (Fsp3) is 0.389. The van der Waals surface area contributed by atoms with Crippen molar-refractivity contribution in [3.05, 3.63) is 59.9 Å². The zero-order valence-corrected chi connectivity index (χ0v) is 14.6. The van der Waals surface area contributed by atoms with E-state index < -0.39 is 9.84 Å². The first-order valence-electron chi connectivity index (χ1n) is 8.03. The minimum atomic E-state index is -2.84. The number of ether oxygens (including phenoxy) is 1. The molecule has 0 radical (unpaired) electrons. The molecule has 1 atom stereocenters. The van der Waals surface area contributed by atoms with Crippen LogP contribution in [0.4, 0.5) is 0 Å². The summed E-state index contributed by atoms with van der Waals surface area (Å²) in [5, 5.41) is 0. The van der Waals surface area contributed by atoms with Crippen LogP contribution in [-0.4, -0.2) is 42.9 Å². The van der Waals surface area contributed by atoms with Crippen molar-refractivity contribution in [3.63, 3.8) is 0 Å². The van der Waals surface area contributed by atoms with Crippen molar-refractivity contribution in [1.29, 1.82) is 0 Å². The standard InChI is InChI=1S/C18H22N2O3S/c1-20(17-8-11-24(21,22)14-17)12-15-2-4-18(5-3-15)23-13-16-6-9-19-10-7-16/h2-7,9-10,17H,8,11-14H2,1H3. The van der Waals surface area contributed by atoms with Gasteiger partial charge in [-0.1, -0.05) is 12.1 Å². The van der Waals surface area contributed by atoms with Crippen molar-refractivity contribution < 1.29 is 13.2 Å². The molecule has 0 bridgehead atoms. The average molecular weight is 346 g/mol. The number of hydrogen-bond acceptors (Lipinski definition) is 5. The lowest BCUT2D eigenvalue weighted by atomic mass is 10.1. The largest absolute Gasteiger partial charge is 0.489 e. The lowest BCUT2D eigenvalue weighted by molar-refractivity contribution is 0.253. The number of benzene rings is 1. The van der Waals surface area contributed by atoms with Crippen LogP contribution in [-0.2, 0) is 23.0 Å². The second kappa shape index (κ2) is 7.32. The van der Waals surface area contributed by atoms with Crippen LogP contribution in [0.15, 0.2) is 48.8 Å². The van der Waals surface area contributed by atoms with Gasteiger partial charge in [0.1, 0.15) is 12.4 Å². The molecule has 1 fully saturated rings. The highest BCUT2D eigenvalue weighted by Gasteiger charge is 2.30. The van der Waals surface area contributed by atoms with Crippen molar-refractivity contribution in [2.24, 2.45) is 0 Å². The number of aromatic nitrogens is 1. The molecule has 1 unspecified atom stereocenters. The zero-order chi connectivity index (χ0) is 17.0. The van der Waals surface area contributed by atoms with E-state index in [0.29, 0.717) is 12.4 Å². The van der Waals surface area contributed by atoms with Crippen LogP contribution in [0.25, 0.3) is 0 Å². The molecule has 1 aromatic carbocycles. The van der Waals surface area contributed by atoms with Gasteiger partial charge in [0.2, 0.25) is 0 Å². The third-order valence-electron chi connectivity index (χ3n) is 4.34. The Hall–Kier alpha value is -1.92. The van der Waals surface area contributed by atoms with E-state index in [1.807, 2.05) is 43.4 Å². The lowest BCUT2D eigenvalue weighted by Gasteiger charge is -2.23. The van der Waals surface area contributed by atoms with Gasteiger partial charge in [0.25, 0.3) is 0 Å². The number of pyridine rings is 1. The van der Waals surface area contributed by atoms with Gasteiger partial charge in [-0.2, -0.15) is 0 Å². The summed E-state index contributed by atoms with van der Waals surface area (Å²) in [7, 11) is -0.854. The maximum absolute atomic E-state index is 11.6. The first-order chi connectivity index (χ1) is 11.5. The fourth-order valence-corrected chi connectivity index (χ4v) is 4.68. The number of nitrogens with zero attached hydrogens (tertiary/aromatic N) is 2. The maximum Gasteiger partial charge on any atom is 0.151 e. The number of hydrogen-bond donors (Lipinski definition) is 0. The fourth-order valence-electron chi connectivity index (χ4n) is 2.88. The summed E-state index contributed by atoms with van der Waals surface area (Å²) in [6, 6.07) is 11.9. The van der Waals surface area contributed by atoms with Crippen molar-refractivity contribution in [2.75, 3.05) is 18.6 Å². The average Bonchev–Trinajstić information content (AvgIpc) is 2.95. The molecule has 6 heteroatoms. The number of rotatable bonds is 6. The van der Waals surface area contributed by atoms with E-state index in [1.54, 1.807) is 12.4 Å². The van der Waals surface area contributed by atoms with Gasteiger partial charge < -0.3 is 4.74 Å². The summed E-state index contributed by atoms with van der Waals surface area (Å²) in [6.07, 6.45) is 4.23. The second-order valence-corrected chi connectivity index (χ2v) is 8.49. The summed E-state index contributed by atoms with van der Waals surface area (Å²) >= 11 is 0. The molecule has 0 spiro atoms. The van der Waals surface area contributed by atoms with Gasteiger partial charge in [-0.25, -0.2) is 8.42 Å². The summed E-state index contributed by atoms with van der Waals surface area (Å²) < 4.78 is 28.9. The highest BCUT2D eigenvalue weighted by atomic mass is 32.2. The normalized spacial score (nSPS) is 19.5. The Labute approximate surface area is 143 Å². The molecule has 3 rings (SSSR count). The Morgan fingerprint density at radius 1 is 1.12 bits per heavy atom. The molecule has 2 heterocycles. The molecule has 0 aliphatic carbocycles. The van der Waals surface area contributed by atoms with Gasteiger partial charge >= 0.3 is 0 Å². The third kappa shape index (κ3) is 4.55. The van der Waals surface area contributed by atoms with Crippen molar-refractivity contribution in [1.82, 2.24) is 9.88 Å². The highest BCUT2D eigenvalue weighted by Crippen LogP contribution is 2.20. The van der Waals surface area contributed by atoms with Crippen molar-refractivity contribution in [2.45, 2.75) is 25.6 Å². The summed E-state index contributed by atoms with van der Waals surface area (Å²) in [4.78, 5) is 6.11. The van der Waals surface area contributed by atoms with Crippen molar-refractivity contribution in [3.8, 4) is 5.75 Å². The summed E-state index contributed by atoms with van der Waals surface area (Å²) in [5.41, 5.74) is 2.23. The Bertz CT molecular complexity index is 761. The molecule has 0 amide bonds. The lowest BCUT2D eigenvalue weighted by Crippen LogP contribution is -2.32.